The van der Waals surface area contributed by atoms with Crippen LogP contribution < -0.4 is 10.6 Å². The Balaban J connectivity index is 1.98. The van der Waals surface area contributed by atoms with Crippen molar-refractivity contribution in [3.05, 3.63) is 35.1 Å². The molecule has 3 N–H and O–H groups in total. The maximum absolute atomic E-state index is 13.0. The number of hydrogen-bond acceptors (Lipinski definition) is 2. The molecule has 8 heteroatoms. The summed E-state index contributed by atoms with van der Waals surface area (Å²) in [7, 11) is 0. The summed E-state index contributed by atoms with van der Waals surface area (Å²) >= 11 is 0. The quantitative estimate of drug-likeness (QED) is 0.747. The van der Waals surface area contributed by atoms with Crippen molar-refractivity contribution < 1.29 is 27.9 Å². The van der Waals surface area contributed by atoms with Crippen molar-refractivity contribution in [2.24, 2.45) is 0 Å². The normalized spacial score (nSPS) is 21.1. The van der Waals surface area contributed by atoms with Crippen molar-refractivity contribution in [3.63, 3.8) is 0 Å². The maximum atomic E-state index is 13.0. The third-order valence-corrected chi connectivity index (χ3v) is 3.34. The van der Waals surface area contributed by atoms with E-state index in [0.717, 1.165) is 0 Å². The Morgan fingerprint density at radius 2 is 1.57 bits per heavy atom. The number of amides is 2. The molecule has 114 valence electrons. The Hall–Kier alpha value is -2.25. The Bertz CT molecular complexity index is 557. The van der Waals surface area contributed by atoms with Gasteiger partial charge in [-0.3, -0.25) is 4.79 Å². The first-order valence-corrected chi connectivity index (χ1v) is 6.31. The van der Waals surface area contributed by atoms with Crippen molar-refractivity contribution >= 4 is 12.0 Å². The number of rotatable bonds is 3. The van der Waals surface area contributed by atoms with E-state index in [1.54, 1.807) is 0 Å². The van der Waals surface area contributed by atoms with E-state index < -0.39 is 29.5 Å². The molecule has 5 nitrogen and oxygen atoms in total. The fourth-order valence-electron chi connectivity index (χ4n) is 2.37. The lowest BCUT2D eigenvalue weighted by Crippen LogP contribution is -2.36. The van der Waals surface area contributed by atoms with Crippen LogP contribution in [0.1, 0.15) is 29.6 Å². The molecule has 1 aliphatic carbocycles. The molecule has 1 aliphatic rings. The molecule has 0 unspecified atom stereocenters. The number of benzene rings is 1. The fourth-order valence-corrected chi connectivity index (χ4v) is 2.37. The van der Waals surface area contributed by atoms with Crippen LogP contribution in [-0.2, 0) is 0 Å². The van der Waals surface area contributed by atoms with Crippen molar-refractivity contribution in [1.29, 1.82) is 0 Å². The number of carbonyl (C=O) groups excluding carboxylic acids is 1. The van der Waals surface area contributed by atoms with Crippen molar-refractivity contribution in [3.8, 4) is 0 Å². The Labute approximate surface area is 118 Å². The Morgan fingerprint density at radius 1 is 1.05 bits per heavy atom. The lowest BCUT2D eigenvalue weighted by Gasteiger charge is -2.13. The first-order valence-electron chi connectivity index (χ1n) is 6.31. The van der Waals surface area contributed by atoms with E-state index in [0.29, 0.717) is 31.4 Å². The average Bonchev–Trinajstić information content (AvgIpc) is 2.81. The highest BCUT2D eigenvalue weighted by Gasteiger charge is 2.27. The molecule has 2 rings (SSSR count). The monoisotopic (exact) mass is 302 g/mol. The van der Waals surface area contributed by atoms with E-state index in [1.807, 2.05) is 0 Å². The van der Waals surface area contributed by atoms with Gasteiger partial charge in [-0.1, -0.05) is 0 Å². The molecule has 0 radical (unpaired) electrons. The van der Waals surface area contributed by atoms with Gasteiger partial charge in [0.2, 0.25) is 0 Å². The third kappa shape index (κ3) is 3.65. The molecule has 0 saturated heterocycles. The Kier molecular flexibility index (Phi) is 4.35. The zero-order valence-electron chi connectivity index (χ0n) is 10.8. The van der Waals surface area contributed by atoms with E-state index in [-0.39, 0.29) is 17.6 Å². The van der Waals surface area contributed by atoms with Gasteiger partial charge in [0.15, 0.2) is 17.5 Å². The largest absolute Gasteiger partial charge is 0.465 e. The van der Waals surface area contributed by atoms with Crippen LogP contribution in [0.25, 0.3) is 0 Å². The van der Waals surface area contributed by atoms with Gasteiger partial charge in [0.1, 0.15) is 0 Å². The molecule has 0 aromatic heterocycles. The zero-order valence-corrected chi connectivity index (χ0v) is 10.8. The van der Waals surface area contributed by atoms with Gasteiger partial charge >= 0.3 is 6.09 Å². The maximum Gasteiger partial charge on any atom is 0.404 e. The summed E-state index contributed by atoms with van der Waals surface area (Å²) in [5.74, 6) is -5.22. The van der Waals surface area contributed by atoms with Gasteiger partial charge in [-0.2, -0.15) is 0 Å². The molecule has 0 spiro atoms. The molecule has 2 amide bonds. The lowest BCUT2D eigenvalue weighted by molar-refractivity contribution is 0.0936. The topological polar surface area (TPSA) is 78.4 Å². The van der Waals surface area contributed by atoms with Gasteiger partial charge < -0.3 is 15.7 Å². The number of nitrogens with one attached hydrogen (secondary N) is 2. The summed E-state index contributed by atoms with van der Waals surface area (Å²) in [6.45, 7) is 0. The number of halogens is 3. The van der Waals surface area contributed by atoms with E-state index >= 15 is 0 Å². The molecule has 1 aromatic carbocycles. The van der Waals surface area contributed by atoms with Crippen LogP contribution in [0.5, 0.6) is 0 Å². The van der Waals surface area contributed by atoms with Gasteiger partial charge in [-0.15, -0.1) is 0 Å². The standard InChI is InChI=1S/C13H13F3N2O3/c14-9-3-6(4-10(15)11(9)16)12(19)17-7-1-2-8(5-7)18-13(20)21/h3-4,7-8,18H,1-2,5H2,(H,17,19)(H,20,21)/t7-,8+/m1/s1. The molecule has 1 saturated carbocycles. The predicted octanol–water partition coefficient (Wildman–Crippen LogP) is 2.02. The number of carboxylic acid groups (broad SMARTS) is 1. The minimum absolute atomic E-state index is 0.269. The molecule has 2 atom stereocenters. The van der Waals surface area contributed by atoms with Crippen molar-refractivity contribution in [1.82, 2.24) is 10.6 Å². The summed E-state index contributed by atoms with van der Waals surface area (Å²) < 4.78 is 38.9. The van der Waals surface area contributed by atoms with Gasteiger partial charge in [0.05, 0.1) is 0 Å². The molecular weight excluding hydrogens is 289 g/mol. The minimum atomic E-state index is -1.63. The molecule has 0 heterocycles. The van der Waals surface area contributed by atoms with Crippen LogP contribution in [0.15, 0.2) is 12.1 Å². The van der Waals surface area contributed by atoms with E-state index in [2.05, 4.69) is 10.6 Å². The molecular formula is C13H13F3N2O3. The van der Waals surface area contributed by atoms with E-state index in [4.69, 9.17) is 5.11 Å². The Morgan fingerprint density at radius 3 is 2.10 bits per heavy atom. The van der Waals surface area contributed by atoms with Gasteiger partial charge in [0, 0.05) is 17.6 Å². The number of hydrogen-bond donors (Lipinski definition) is 3. The lowest BCUT2D eigenvalue weighted by atomic mass is 10.1. The fraction of sp³-hybridized carbons (Fsp3) is 0.385. The minimum Gasteiger partial charge on any atom is -0.465 e. The highest BCUT2D eigenvalue weighted by atomic mass is 19.2. The number of carbonyl (C=O) groups is 2. The first kappa shape index (κ1) is 15.1. The molecule has 1 fully saturated rings. The first-order chi connectivity index (χ1) is 9.86. The van der Waals surface area contributed by atoms with Crippen LogP contribution in [0.3, 0.4) is 0 Å². The smallest absolute Gasteiger partial charge is 0.404 e. The van der Waals surface area contributed by atoms with Crippen LogP contribution >= 0.6 is 0 Å². The SMILES string of the molecule is O=C(O)N[C@H]1CC[C@@H](NC(=O)c2cc(F)c(F)c(F)c2)C1. The summed E-state index contributed by atoms with van der Waals surface area (Å²) in [6, 6.07) is 0.672. The average molecular weight is 302 g/mol. The van der Waals surface area contributed by atoms with E-state index in [9.17, 15) is 22.8 Å². The molecule has 1 aromatic rings. The van der Waals surface area contributed by atoms with Crippen molar-refractivity contribution in [2.45, 2.75) is 31.3 Å². The summed E-state index contributed by atoms with van der Waals surface area (Å²) in [5, 5.41) is 13.4. The second kappa shape index (κ2) is 6.02. The highest BCUT2D eigenvalue weighted by Crippen LogP contribution is 2.20. The second-order valence-corrected chi connectivity index (χ2v) is 4.88. The summed E-state index contributed by atoms with van der Waals surface area (Å²) in [4.78, 5) is 22.3. The predicted molar refractivity (Wildman–Crippen MR) is 66.4 cm³/mol. The zero-order chi connectivity index (χ0) is 15.6. The third-order valence-electron chi connectivity index (χ3n) is 3.34. The summed E-state index contributed by atoms with van der Waals surface area (Å²) in [5.41, 5.74) is -0.318. The van der Waals surface area contributed by atoms with Crippen LogP contribution in [-0.4, -0.2) is 29.2 Å². The van der Waals surface area contributed by atoms with Crippen molar-refractivity contribution in [2.75, 3.05) is 0 Å². The second-order valence-electron chi connectivity index (χ2n) is 4.88. The van der Waals surface area contributed by atoms with Crippen LogP contribution in [0.2, 0.25) is 0 Å². The molecule has 21 heavy (non-hydrogen) atoms. The highest BCUT2D eigenvalue weighted by molar-refractivity contribution is 5.94. The molecule has 0 bridgehead atoms. The van der Waals surface area contributed by atoms with Gasteiger partial charge in [-0.25, -0.2) is 18.0 Å². The molecule has 0 aliphatic heterocycles. The van der Waals surface area contributed by atoms with Gasteiger partial charge in [0.25, 0.3) is 5.91 Å². The van der Waals surface area contributed by atoms with E-state index in [1.165, 1.54) is 0 Å². The van der Waals surface area contributed by atoms with Gasteiger partial charge in [-0.05, 0) is 31.4 Å². The summed E-state index contributed by atoms with van der Waals surface area (Å²) in [6.07, 6.45) is 0.353. The van der Waals surface area contributed by atoms with Crippen LogP contribution in [0, 0.1) is 17.5 Å². The van der Waals surface area contributed by atoms with Crippen LogP contribution in [0.4, 0.5) is 18.0 Å².